The Morgan fingerprint density at radius 3 is 2.94 bits per heavy atom. The number of hydrogen-bond acceptors (Lipinski definition) is 2. The van der Waals surface area contributed by atoms with Crippen LogP contribution < -0.4 is 5.32 Å². The topological polar surface area (TPSA) is 46.9 Å². The molecule has 1 aromatic rings. The lowest BCUT2D eigenvalue weighted by molar-refractivity contribution is 0.0906. The summed E-state index contributed by atoms with van der Waals surface area (Å²) in [4.78, 5) is 16.5. The van der Waals surface area contributed by atoms with Crippen molar-refractivity contribution >= 4 is 5.91 Å². The minimum atomic E-state index is -0.165. The first-order valence-electron chi connectivity index (χ1n) is 6.40. The fraction of sp³-hybridized carbons (Fsp3) is 0.692. The third-order valence-electron chi connectivity index (χ3n) is 3.48. The lowest BCUT2D eigenvalue weighted by Crippen LogP contribution is -2.42. The van der Waals surface area contributed by atoms with Crippen molar-refractivity contribution in [3.8, 4) is 0 Å². The van der Waals surface area contributed by atoms with Gasteiger partial charge in [0.1, 0.15) is 11.5 Å². The zero-order valence-electron chi connectivity index (χ0n) is 10.9. The summed E-state index contributed by atoms with van der Waals surface area (Å²) in [5.41, 5.74) is 0.393. The van der Waals surface area contributed by atoms with Crippen LogP contribution in [0.3, 0.4) is 0 Å². The average molecular weight is 235 g/mol. The van der Waals surface area contributed by atoms with Crippen molar-refractivity contribution in [3.63, 3.8) is 0 Å². The van der Waals surface area contributed by atoms with Crippen molar-refractivity contribution in [3.05, 3.63) is 17.7 Å². The second-order valence-corrected chi connectivity index (χ2v) is 5.38. The number of nitrogens with one attached hydrogen (secondary N) is 1. The van der Waals surface area contributed by atoms with E-state index in [1.54, 1.807) is 0 Å². The number of aryl methyl sites for hydroxylation is 2. The van der Waals surface area contributed by atoms with Crippen molar-refractivity contribution in [2.24, 2.45) is 0 Å². The van der Waals surface area contributed by atoms with Crippen LogP contribution in [-0.4, -0.2) is 21.0 Å². The molecular weight excluding hydrogens is 214 g/mol. The van der Waals surface area contributed by atoms with E-state index >= 15 is 0 Å². The number of rotatable bonds is 3. The molecule has 0 saturated carbocycles. The highest BCUT2D eigenvalue weighted by Crippen LogP contribution is 2.15. The highest BCUT2D eigenvalue weighted by molar-refractivity contribution is 5.92. The largest absolute Gasteiger partial charge is 0.346 e. The lowest BCUT2D eigenvalue weighted by atomic mass is 10.0. The standard InChI is InChI=1S/C13H21N3O/c1-4-13(2,3)15-12(17)10-9-16-8-6-5-7-11(16)14-10/h9H,4-8H2,1-3H3,(H,15,17). The van der Waals surface area contributed by atoms with Crippen molar-refractivity contribution in [2.45, 2.75) is 58.5 Å². The number of hydrogen-bond donors (Lipinski definition) is 1. The SMILES string of the molecule is CCC(C)(C)NC(=O)c1cn2c(n1)CCCC2. The van der Waals surface area contributed by atoms with E-state index in [-0.39, 0.29) is 11.4 Å². The van der Waals surface area contributed by atoms with Gasteiger partial charge in [0.15, 0.2) is 0 Å². The van der Waals surface area contributed by atoms with Gasteiger partial charge in [-0.3, -0.25) is 4.79 Å². The summed E-state index contributed by atoms with van der Waals surface area (Å²) in [6.45, 7) is 7.12. The normalized spacial score (nSPS) is 15.5. The number of carbonyl (C=O) groups is 1. The van der Waals surface area contributed by atoms with Crippen LogP contribution in [0, 0.1) is 0 Å². The van der Waals surface area contributed by atoms with Gasteiger partial charge in [0, 0.05) is 24.7 Å². The summed E-state index contributed by atoms with van der Waals surface area (Å²) in [5.74, 6) is 0.995. The third kappa shape index (κ3) is 2.68. The molecule has 0 aliphatic carbocycles. The smallest absolute Gasteiger partial charge is 0.271 e. The van der Waals surface area contributed by atoms with Crippen molar-refractivity contribution < 1.29 is 4.79 Å². The maximum Gasteiger partial charge on any atom is 0.271 e. The van der Waals surface area contributed by atoms with E-state index in [1.165, 1.54) is 12.8 Å². The molecule has 0 bridgehead atoms. The first kappa shape index (κ1) is 12.1. The molecule has 0 radical (unpaired) electrons. The molecule has 1 aliphatic heterocycles. The number of amides is 1. The van der Waals surface area contributed by atoms with Gasteiger partial charge in [-0.1, -0.05) is 6.92 Å². The Morgan fingerprint density at radius 2 is 2.29 bits per heavy atom. The molecule has 2 rings (SSSR count). The Morgan fingerprint density at radius 1 is 1.53 bits per heavy atom. The molecule has 0 atom stereocenters. The van der Waals surface area contributed by atoms with Crippen LogP contribution in [0.2, 0.25) is 0 Å². The van der Waals surface area contributed by atoms with Crippen LogP contribution in [0.5, 0.6) is 0 Å². The first-order chi connectivity index (χ1) is 8.02. The summed E-state index contributed by atoms with van der Waals surface area (Å²) in [6.07, 6.45) is 6.15. The fourth-order valence-electron chi connectivity index (χ4n) is 1.98. The third-order valence-corrected chi connectivity index (χ3v) is 3.48. The molecule has 0 unspecified atom stereocenters. The quantitative estimate of drug-likeness (QED) is 0.872. The molecule has 0 aromatic carbocycles. The number of nitrogens with zero attached hydrogens (tertiary/aromatic N) is 2. The molecule has 4 nitrogen and oxygen atoms in total. The highest BCUT2D eigenvalue weighted by atomic mass is 16.2. The second-order valence-electron chi connectivity index (χ2n) is 5.38. The van der Waals surface area contributed by atoms with Crippen LogP contribution in [0.25, 0.3) is 0 Å². The van der Waals surface area contributed by atoms with Gasteiger partial charge in [-0.25, -0.2) is 4.98 Å². The van der Waals surface area contributed by atoms with Crippen molar-refractivity contribution in [1.29, 1.82) is 0 Å². The van der Waals surface area contributed by atoms with Crippen LogP contribution in [0.15, 0.2) is 6.20 Å². The molecule has 0 saturated heterocycles. The van der Waals surface area contributed by atoms with Gasteiger partial charge in [0.25, 0.3) is 5.91 Å². The number of imidazole rings is 1. The molecule has 1 amide bonds. The van der Waals surface area contributed by atoms with E-state index in [9.17, 15) is 4.79 Å². The minimum Gasteiger partial charge on any atom is -0.346 e. The summed E-state index contributed by atoms with van der Waals surface area (Å²) in [7, 11) is 0. The zero-order valence-corrected chi connectivity index (χ0v) is 10.9. The molecule has 17 heavy (non-hydrogen) atoms. The first-order valence-corrected chi connectivity index (χ1v) is 6.40. The Balaban J connectivity index is 2.12. The van der Waals surface area contributed by atoms with Crippen LogP contribution in [0.1, 0.15) is 56.3 Å². The Bertz CT molecular complexity index is 397. The van der Waals surface area contributed by atoms with Gasteiger partial charge in [-0.15, -0.1) is 0 Å². The van der Waals surface area contributed by atoms with Gasteiger partial charge in [0.05, 0.1) is 0 Å². The number of carbonyl (C=O) groups excluding carboxylic acids is 1. The molecule has 0 fully saturated rings. The fourth-order valence-corrected chi connectivity index (χ4v) is 1.98. The van der Waals surface area contributed by atoms with Gasteiger partial charge in [0.2, 0.25) is 0 Å². The second kappa shape index (κ2) is 4.51. The zero-order chi connectivity index (χ0) is 12.5. The van der Waals surface area contributed by atoms with Gasteiger partial charge in [-0.05, 0) is 33.1 Å². The van der Waals surface area contributed by atoms with Crippen molar-refractivity contribution in [2.75, 3.05) is 0 Å². The molecule has 2 heterocycles. The Labute approximate surface area is 102 Å². The molecular formula is C13H21N3O. The van der Waals surface area contributed by atoms with E-state index in [1.807, 2.05) is 20.0 Å². The summed E-state index contributed by atoms with van der Waals surface area (Å²) >= 11 is 0. The van der Waals surface area contributed by atoms with Crippen LogP contribution in [-0.2, 0) is 13.0 Å². The van der Waals surface area contributed by atoms with E-state index < -0.39 is 0 Å². The summed E-state index contributed by atoms with van der Waals surface area (Å²) in [5, 5.41) is 3.02. The van der Waals surface area contributed by atoms with E-state index in [0.717, 1.165) is 25.2 Å². The van der Waals surface area contributed by atoms with E-state index in [2.05, 4.69) is 21.8 Å². The van der Waals surface area contributed by atoms with E-state index in [4.69, 9.17) is 0 Å². The Kier molecular flexibility index (Phi) is 3.22. The number of aromatic nitrogens is 2. The lowest BCUT2D eigenvalue weighted by Gasteiger charge is -2.23. The summed E-state index contributed by atoms with van der Waals surface area (Å²) in [6, 6.07) is 0. The highest BCUT2D eigenvalue weighted by Gasteiger charge is 2.22. The minimum absolute atomic E-state index is 0.0567. The molecule has 1 aliphatic rings. The monoisotopic (exact) mass is 235 g/mol. The average Bonchev–Trinajstić information content (AvgIpc) is 2.72. The van der Waals surface area contributed by atoms with E-state index in [0.29, 0.717) is 5.69 Å². The van der Waals surface area contributed by atoms with Gasteiger partial charge < -0.3 is 9.88 Å². The molecule has 0 spiro atoms. The molecule has 4 heteroatoms. The predicted octanol–water partition coefficient (Wildman–Crippen LogP) is 2.14. The van der Waals surface area contributed by atoms with Gasteiger partial charge in [-0.2, -0.15) is 0 Å². The molecule has 1 aromatic heterocycles. The molecule has 1 N–H and O–H groups in total. The van der Waals surface area contributed by atoms with Crippen molar-refractivity contribution in [1.82, 2.24) is 14.9 Å². The molecule has 94 valence electrons. The Hall–Kier alpha value is -1.32. The maximum absolute atomic E-state index is 12.1. The van der Waals surface area contributed by atoms with Crippen LogP contribution in [0.4, 0.5) is 0 Å². The maximum atomic E-state index is 12.1. The van der Waals surface area contributed by atoms with Gasteiger partial charge >= 0.3 is 0 Å². The number of fused-ring (bicyclic) bond motifs is 1. The van der Waals surface area contributed by atoms with Crippen LogP contribution >= 0.6 is 0 Å². The summed E-state index contributed by atoms with van der Waals surface area (Å²) < 4.78 is 2.11. The predicted molar refractivity (Wildman–Crippen MR) is 67.0 cm³/mol.